The minimum atomic E-state index is -0.0588. The van der Waals surface area contributed by atoms with Crippen molar-refractivity contribution in [3.8, 4) is 0 Å². The van der Waals surface area contributed by atoms with Crippen molar-refractivity contribution in [1.29, 1.82) is 0 Å². The second-order valence-electron chi connectivity index (χ2n) is 10.1. The summed E-state index contributed by atoms with van der Waals surface area (Å²) in [5.74, 6) is 1.88. The Morgan fingerprint density at radius 3 is 2.83 bits per heavy atom. The molecule has 0 aliphatic carbocycles. The van der Waals surface area contributed by atoms with E-state index in [0.717, 1.165) is 49.5 Å². The summed E-state index contributed by atoms with van der Waals surface area (Å²) in [6.45, 7) is 9.61. The maximum Gasteiger partial charge on any atom is 0.243 e. The van der Waals surface area contributed by atoms with E-state index in [0.29, 0.717) is 29.7 Å². The van der Waals surface area contributed by atoms with Crippen molar-refractivity contribution in [1.82, 2.24) is 39.5 Å². The first-order chi connectivity index (χ1) is 17.2. The van der Waals surface area contributed by atoms with Gasteiger partial charge in [-0.25, -0.2) is 4.98 Å². The molecule has 4 rings (SSSR count). The van der Waals surface area contributed by atoms with Gasteiger partial charge in [0, 0.05) is 52.0 Å². The van der Waals surface area contributed by atoms with Crippen molar-refractivity contribution >= 4 is 34.5 Å². The highest BCUT2D eigenvalue weighted by Gasteiger charge is 2.27. The Hall–Kier alpha value is -3.47. The van der Waals surface area contributed by atoms with Crippen molar-refractivity contribution in [2.45, 2.75) is 39.7 Å². The molecule has 1 atom stereocenters. The van der Waals surface area contributed by atoms with Crippen molar-refractivity contribution in [3.05, 3.63) is 30.4 Å². The predicted molar refractivity (Wildman–Crippen MR) is 142 cm³/mol. The number of aromatic nitrogens is 6. The molecule has 2 N–H and O–H groups in total. The van der Waals surface area contributed by atoms with Crippen LogP contribution in [0.15, 0.2) is 24.7 Å². The van der Waals surface area contributed by atoms with Crippen LogP contribution >= 0.6 is 0 Å². The lowest BCUT2D eigenvalue weighted by Crippen LogP contribution is -2.36. The van der Waals surface area contributed by atoms with Gasteiger partial charge in [0.2, 0.25) is 11.9 Å². The average molecular weight is 495 g/mol. The van der Waals surface area contributed by atoms with Gasteiger partial charge in [-0.2, -0.15) is 15.1 Å². The summed E-state index contributed by atoms with van der Waals surface area (Å²) in [5, 5.41) is 10.9. The van der Waals surface area contributed by atoms with Crippen molar-refractivity contribution in [2.75, 3.05) is 43.4 Å². The highest BCUT2D eigenvalue weighted by molar-refractivity contribution is 5.88. The summed E-state index contributed by atoms with van der Waals surface area (Å²) in [4.78, 5) is 30.9. The number of imidazole rings is 1. The smallest absolute Gasteiger partial charge is 0.243 e. The number of likely N-dealkylation sites (N-methyl/N-ethyl adjacent to an activating group) is 1. The number of aryl methyl sites for hydroxylation is 3. The highest BCUT2D eigenvalue weighted by Crippen LogP contribution is 2.27. The summed E-state index contributed by atoms with van der Waals surface area (Å²) in [6.07, 6.45) is 9.23. The van der Waals surface area contributed by atoms with Gasteiger partial charge in [0.05, 0.1) is 17.7 Å². The molecule has 3 aromatic heterocycles. The molecule has 0 spiro atoms. The minimum absolute atomic E-state index is 0.0450. The molecular weight excluding hydrogens is 456 g/mol. The number of carbonyl (C=O) groups is 1. The van der Waals surface area contributed by atoms with Gasteiger partial charge in [0.25, 0.3) is 0 Å². The maximum atomic E-state index is 12.5. The number of nitrogens with zero attached hydrogens (tertiary/aromatic N) is 8. The van der Waals surface area contributed by atoms with Crippen molar-refractivity contribution in [3.63, 3.8) is 0 Å². The monoisotopic (exact) mass is 494 g/mol. The molecule has 0 radical (unpaired) electrons. The fourth-order valence-corrected chi connectivity index (χ4v) is 4.29. The van der Waals surface area contributed by atoms with Crippen LogP contribution in [-0.4, -0.2) is 79.4 Å². The fourth-order valence-electron chi connectivity index (χ4n) is 4.29. The van der Waals surface area contributed by atoms with E-state index in [4.69, 9.17) is 9.97 Å². The van der Waals surface area contributed by atoms with E-state index in [1.807, 2.05) is 37.9 Å². The van der Waals surface area contributed by atoms with E-state index in [1.165, 1.54) is 0 Å². The van der Waals surface area contributed by atoms with Crippen molar-refractivity contribution in [2.24, 2.45) is 20.0 Å². The third-order valence-corrected chi connectivity index (χ3v) is 6.41. The molecule has 194 valence electrons. The third kappa shape index (κ3) is 6.20. The Balaban J connectivity index is 1.40. The second kappa shape index (κ2) is 11.1. The summed E-state index contributed by atoms with van der Waals surface area (Å²) in [5.41, 5.74) is 3.21. The number of hydrogen-bond donors (Lipinski definition) is 2. The van der Waals surface area contributed by atoms with Gasteiger partial charge < -0.3 is 25.0 Å². The summed E-state index contributed by atoms with van der Waals surface area (Å²) in [6, 6.07) is 0.0450. The lowest BCUT2D eigenvalue weighted by atomic mass is 10.1. The Labute approximate surface area is 212 Å². The normalized spacial score (nSPS) is 16.2. The van der Waals surface area contributed by atoms with Gasteiger partial charge in [-0.3, -0.25) is 9.48 Å². The fraction of sp³-hybridized carbons (Fsp3) is 0.560. The van der Waals surface area contributed by atoms with Crippen LogP contribution in [0.5, 0.6) is 0 Å². The van der Waals surface area contributed by atoms with Gasteiger partial charge in [-0.05, 0) is 39.3 Å². The zero-order chi connectivity index (χ0) is 25.8. The van der Waals surface area contributed by atoms with Crippen LogP contribution in [0, 0.1) is 12.8 Å². The molecule has 11 heteroatoms. The van der Waals surface area contributed by atoms with Crippen LogP contribution in [0.2, 0.25) is 0 Å². The van der Waals surface area contributed by atoms with Crippen LogP contribution in [0.25, 0.3) is 11.2 Å². The third-order valence-electron chi connectivity index (χ3n) is 6.41. The number of amides is 1. The molecule has 0 saturated carbocycles. The lowest BCUT2D eigenvalue weighted by Gasteiger charge is -2.18. The molecule has 0 aromatic carbocycles. The molecule has 1 amide bonds. The number of hydrogen-bond acceptors (Lipinski definition) is 8. The molecule has 1 aliphatic heterocycles. The first kappa shape index (κ1) is 25.6. The topological polar surface area (TPSA) is 109 Å². The first-order valence-corrected chi connectivity index (χ1v) is 12.6. The second-order valence-corrected chi connectivity index (χ2v) is 10.1. The molecular formula is C25H38N10O. The van der Waals surface area contributed by atoms with Gasteiger partial charge in [-0.1, -0.05) is 19.9 Å². The van der Waals surface area contributed by atoms with Crippen LogP contribution in [0.1, 0.15) is 32.4 Å². The van der Waals surface area contributed by atoms with Gasteiger partial charge in [-0.15, -0.1) is 0 Å². The van der Waals surface area contributed by atoms with Crippen LogP contribution in [-0.2, 0) is 18.9 Å². The molecule has 1 fully saturated rings. The summed E-state index contributed by atoms with van der Waals surface area (Å²) in [7, 11) is 5.89. The van der Waals surface area contributed by atoms with Gasteiger partial charge in [0.1, 0.15) is 0 Å². The van der Waals surface area contributed by atoms with E-state index in [9.17, 15) is 4.79 Å². The molecule has 4 heterocycles. The highest BCUT2D eigenvalue weighted by atomic mass is 16.1. The Kier molecular flexibility index (Phi) is 7.88. The Bertz CT molecular complexity index is 1230. The molecule has 1 saturated heterocycles. The van der Waals surface area contributed by atoms with Crippen LogP contribution in [0.3, 0.4) is 0 Å². The summed E-state index contributed by atoms with van der Waals surface area (Å²) < 4.78 is 3.65. The average Bonchev–Trinajstić information content (AvgIpc) is 3.52. The van der Waals surface area contributed by atoms with E-state index >= 15 is 0 Å². The van der Waals surface area contributed by atoms with Crippen molar-refractivity contribution < 1.29 is 4.79 Å². The standard InChI is InChI=1S/C25H38N10O/c1-17(2)9-12-32(4)11-7-8-21(36)27-19-10-13-35(14-19)25-29-23(22-24(30-25)33(5)16-26-22)28-20-15-34(6)31-18(20)3/h7-8,15-17,19H,9-14H2,1-6H3,(H,27,36)(H,28,29,30)/b8-7+. The molecule has 1 aliphatic rings. The molecule has 1 unspecified atom stereocenters. The van der Waals surface area contributed by atoms with Gasteiger partial charge >= 0.3 is 0 Å². The SMILES string of the molecule is Cc1nn(C)cc1Nc1nc(N2CCC(NC(=O)/C=C/CN(C)CCC(C)C)C2)nc2c1ncn2C. The molecule has 36 heavy (non-hydrogen) atoms. The number of rotatable bonds is 10. The predicted octanol–water partition coefficient (Wildman–Crippen LogP) is 2.38. The van der Waals surface area contributed by atoms with E-state index in [-0.39, 0.29) is 11.9 Å². The minimum Gasteiger partial charge on any atom is -0.348 e. The van der Waals surface area contributed by atoms with E-state index < -0.39 is 0 Å². The largest absolute Gasteiger partial charge is 0.348 e. The zero-order valence-electron chi connectivity index (χ0n) is 22.2. The van der Waals surface area contributed by atoms with E-state index in [1.54, 1.807) is 17.1 Å². The number of anilines is 3. The van der Waals surface area contributed by atoms with Gasteiger partial charge in [0.15, 0.2) is 17.0 Å². The Morgan fingerprint density at radius 1 is 1.31 bits per heavy atom. The zero-order valence-corrected chi connectivity index (χ0v) is 22.2. The molecule has 3 aromatic rings. The number of nitrogens with one attached hydrogen (secondary N) is 2. The maximum absolute atomic E-state index is 12.5. The number of carbonyl (C=O) groups excluding carboxylic acids is 1. The number of fused-ring (bicyclic) bond motifs is 1. The Morgan fingerprint density at radius 2 is 2.11 bits per heavy atom. The molecule has 0 bridgehead atoms. The quantitative estimate of drug-likeness (QED) is 0.414. The summed E-state index contributed by atoms with van der Waals surface area (Å²) >= 11 is 0. The van der Waals surface area contributed by atoms with Crippen LogP contribution < -0.4 is 15.5 Å². The first-order valence-electron chi connectivity index (χ1n) is 12.6. The van der Waals surface area contributed by atoms with E-state index in [2.05, 4.69) is 51.4 Å². The lowest BCUT2D eigenvalue weighted by molar-refractivity contribution is -0.117. The molecule has 11 nitrogen and oxygen atoms in total. The van der Waals surface area contributed by atoms with Crippen LogP contribution in [0.4, 0.5) is 17.5 Å².